The molecule has 1 aliphatic rings. The molecule has 26 heavy (non-hydrogen) atoms. The number of benzene rings is 1. The molecule has 1 aliphatic heterocycles. The molecule has 1 saturated heterocycles. The third kappa shape index (κ3) is 3.17. The Labute approximate surface area is 149 Å². The predicted molar refractivity (Wildman–Crippen MR) is 89.2 cm³/mol. The van der Waals surface area contributed by atoms with Crippen LogP contribution < -0.4 is 5.32 Å². The molecule has 0 bridgehead atoms. The van der Waals surface area contributed by atoms with Crippen molar-refractivity contribution in [1.29, 1.82) is 0 Å². The largest absolute Gasteiger partial charge is 0.467 e. The van der Waals surface area contributed by atoms with Gasteiger partial charge in [-0.15, -0.1) is 0 Å². The molecule has 2 heterocycles. The van der Waals surface area contributed by atoms with Gasteiger partial charge in [0, 0.05) is 7.05 Å². The maximum Gasteiger partial charge on any atom is 0.325 e. The van der Waals surface area contributed by atoms with Gasteiger partial charge in [-0.2, -0.15) is 0 Å². The van der Waals surface area contributed by atoms with E-state index in [0.29, 0.717) is 11.3 Å². The lowest BCUT2D eigenvalue weighted by atomic mass is 9.92. The van der Waals surface area contributed by atoms with Crippen LogP contribution in [0.3, 0.4) is 0 Å². The van der Waals surface area contributed by atoms with Crippen LogP contribution in [0.25, 0.3) is 0 Å². The fraction of sp³-hybridized carbons (Fsp3) is 0.278. The maximum atomic E-state index is 13.1. The van der Waals surface area contributed by atoms with Gasteiger partial charge in [0.15, 0.2) is 0 Å². The van der Waals surface area contributed by atoms with Crippen LogP contribution in [-0.4, -0.2) is 41.2 Å². The molecule has 3 rings (SSSR count). The van der Waals surface area contributed by atoms with E-state index in [0.717, 1.165) is 4.90 Å². The van der Waals surface area contributed by atoms with E-state index in [1.165, 1.54) is 42.4 Å². The highest BCUT2D eigenvalue weighted by atomic mass is 19.1. The number of nitrogens with one attached hydrogen (secondary N) is 1. The number of hydrogen-bond donors (Lipinski definition) is 1. The van der Waals surface area contributed by atoms with Gasteiger partial charge in [-0.1, -0.05) is 12.1 Å². The van der Waals surface area contributed by atoms with Crippen molar-refractivity contribution >= 4 is 17.8 Å². The van der Waals surface area contributed by atoms with E-state index in [2.05, 4.69) is 5.32 Å². The Morgan fingerprint density at radius 1 is 1.27 bits per heavy atom. The van der Waals surface area contributed by atoms with Gasteiger partial charge in [0.05, 0.1) is 12.8 Å². The van der Waals surface area contributed by atoms with Gasteiger partial charge < -0.3 is 14.6 Å². The van der Waals surface area contributed by atoms with Crippen LogP contribution in [0.4, 0.5) is 9.18 Å². The highest BCUT2D eigenvalue weighted by Gasteiger charge is 2.49. The van der Waals surface area contributed by atoms with Crippen LogP contribution in [-0.2, 0) is 21.7 Å². The number of halogens is 1. The van der Waals surface area contributed by atoms with Crippen LogP contribution in [0.1, 0.15) is 18.2 Å². The second-order valence-electron chi connectivity index (χ2n) is 6.28. The summed E-state index contributed by atoms with van der Waals surface area (Å²) < 4.78 is 18.3. The van der Waals surface area contributed by atoms with E-state index in [1.807, 2.05) is 0 Å². The second kappa shape index (κ2) is 6.62. The first-order chi connectivity index (χ1) is 12.3. The Bertz CT molecular complexity index is 835. The van der Waals surface area contributed by atoms with Gasteiger partial charge in [-0.25, -0.2) is 9.18 Å². The molecule has 4 amide bonds. The number of carbonyl (C=O) groups excluding carboxylic acids is 3. The van der Waals surface area contributed by atoms with E-state index in [9.17, 15) is 18.8 Å². The zero-order chi connectivity index (χ0) is 18.9. The van der Waals surface area contributed by atoms with Gasteiger partial charge in [0.25, 0.3) is 5.91 Å². The smallest absolute Gasteiger partial charge is 0.325 e. The average Bonchev–Trinajstić information content (AvgIpc) is 3.18. The quantitative estimate of drug-likeness (QED) is 0.826. The normalized spacial score (nSPS) is 19.6. The van der Waals surface area contributed by atoms with E-state index in [-0.39, 0.29) is 6.54 Å². The molecule has 0 spiro atoms. The number of likely N-dealkylation sites (N-methyl/N-ethyl adjacent to an activating group) is 1. The number of amides is 4. The number of hydrogen-bond acceptors (Lipinski definition) is 4. The Hall–Kier alpha value is -3.16. The summed E-state index contributed by atoms with van der Waals surface area (Å²) in [6, 6.07) is 8.06. The average molecular weight is 359 g/mol. The van der Waals surface area contributed by atoms with Crippen LogP contribution in [0.2, 0.25) is 0 Å². The number of carbonyl (C=O) groups is 3. The molecule has 8 heteroatoms. The molecule has 1 fully saturated rings. The summed E-state index contributed by atoms with van der Waals surface area (Å²) in [5.41, 5.74) is -0.902. The van der Waals surface area contributed by atoms with Crippen LogP contribution in [0, 0.1) is 5.82 Å². The minimum Gasteiger partial charge on any atom is -0.467 e. The summed E-state index contributed by atoms with van der Waals surface area (Å²) in [4.78, 5) is 39.6. The summed E-state index contributed by atoms with van der Waals surface area (Å²) in [7, 11) is 1.56. The van der Waals surface area contributed by atoms with Crippen LogP contribution in [0.5, 0.6) is 0 Å². The minimum absolute atomic E-state index is 0.227. The van der Waals surface area contributed by atoms with E-state index in [4.69, 9.17) is 4.42 Å². The maximum absolute atomic E-state index is 13.1. The van der Waals surface area contributed by atoms with Crippen molar-refractivity contribution in [2.24, 2.45) is 0 Å². The number of rotatable bonds is 5. The minimum atomic E-state index is -1.34. The Balaban J connectivity index is 1.72. The Morgan fingerprint density at radius 2 is 1.96 bits per heavy atom. The molecule has 0 unspecified atom stereocenters. The predicted octanol–water partition coefficient (Wildman–Crippen LogP) is 1.84. The number of imide groups is 1. The number of nitrogens with zero attached hydrogens (tertiary/aromatic N) is 2. The summed E-state index contributed by atoms with van der Waals surface area (Å²) >= 11 is 0. The number of urea groups is 1. The van der Waals surface area contributed by atoms with Crippen molar-refractivity contribution in [3.63, 3.8) is 0 Å². The summed E-state index contributed by atoms with van der Waals surface area (Å²) in [5.74, 6) is -0.822. The lowest BCUT2D eigenvalue weighted by Gasteiger charge is -2.23. The highest BCUT2D eigenvalue weighted by Crippen LogP contribution is 2.28. The van der Waals surface area contributed by atoms with Gasteiger partial charge in [-0.3, -0.25) is 14.5 Å². The van der Waals surface area contributed by atoms with Crippen molar-refractivity contribution in [2.75, 3.05) is 13.6 Å². The van der Waals surface area contributed by atoms with E-state index < -0.39 is 35.7 Å². The zero-order valence-corrected chi connectivity index (χ0v) is 14.4. The SMILES string of the molecule is CN(Cc1ccco1)C(=O)CN1C(=O)N[C@@](C)(c2ccc(F)cc2)C1=O. The van der Waals surface area contributed by atoms with Gasteiger partial charge in [0.1, 0.15) is 23.7 Å². The molecule has 1 N–H and O–H groups in total. The zero-order valence-electron chi connectivity index (χ0n) is 14.4. The first kappa shape index (κ1) is 17.7. The van der Waals surface area contributed by atoms with Crippen molar-refractivity contribution in [3.05, 3.63) is 59.8 Å². The van der Waals surface area contributed by atoms with Crippen molar-refractivity contribution in [2.45, 2.75) is 19.0 Å². The van der Waals surface area contributed by atoms with Crippen molar-refractivity contribution in [1.82, 2.24) is 15.1 Å². The van der Waals surface area contributed by atoms with Crippen molar-refractivity contribution < 1.29 is 23.2 Å². The molecule has 2 aromatic rings. The summed E-state index contributed by atoms with van der Waals surface area (Å²) in [6.07, 6.45) is 1.50. The molecule has 1 aromatic carbocycles. The molecule has 0 saturated carbocycles. The topological polar surface area (TPSA) is 82.9 Å². The molecule has 136 valence electrons. The third-order valence-electron chi connectivity index (χ3n) is 4.39. The van der Waals surface area contributed by atoms with Crippen LogP contribution >= 0.6 is 0 Å². The molecule has 0 radical (unpaired) electrons. The Morgan fingerprint density at radius 3 is 2.58 bits per heavy atom. The van der Waals surface area contributed by atoms with Gasteiger partial charge in [-0.05, 0) is 36.8 Å². The second-order valence-corrected chi connectivity index (χ2v) is 6.28. The monoisotopic (exact) mass is 359 g/mol. The Kier molecular flexibility index (Phi) is 4.50. The fourth-order valence-corrected chi connectivity index (χ4v) is 2.80. The van der Waals surface area contributed by atoms with Gasteiger partial charge in [0.2, 0.25) is 5.91 Å². The molecular weight excluding hydrogens is 341 g/mol. The number of furan rings is 1. The summed E-state index contributed by atoms with van der Waals surface area (Å²) in [6.45, 7) is 1.36. The summed E-state index contributed by atoms with van der Waals surface area (Å²) in [5, 5.41) is 2.58. The highest BCUT2D eigenvalue weighted by molar-refractivity contribution is 6.09. The van der Waals surface area contributed by atoms with Gasteiger partial charge >= 0.3 is 6.03 Å². The first-order valence-corrected chi connectivity index (χ1v) is 7.98. The van der Waals surface area contributed by atoms with Crippen molar-refractivity contribution in [3.8, 4) is 0 Å². The standard InChI is InChI=1S/C18H18FN3O4/c1-18(12-5-7-13(19)8-6-12)16(24)22(17(25)20-18)11-15(23)21(2)10-14-4-3-9-26-14/h3-9H,10-11H2,1-2H3,(H,20,25)/t18-/m0/s1. The molecular formula is C18H18FN3O4. The third-order valence-corrected chi connectivity index (χ3v) is 4.39. The lowest BCUT2D eigenvalue weighted by Crippen LogP contribution is -2.43. The first-order valence-electron chi connectivity index (χ1n) is 7.98. The molecule has 1 aromatic heterocycles. The molecule has 0 aliphatic carbocycles. The molecule has 7 nitrogen and oxygen atoms in total. The van der Waals surface area contributed by atoms with E-state index >= 15 is 0 Å². The molecule has 1 atom stereocenters. The van der Waals surface area contributed by atoms with E-state index in [1.54, 1.807) is 19.2 Å². The lowest BCUT2D eigenvalue weighted by molar-refractivity contribution is -0.138. The van der Waals surface area contributed by atoms with Crippen LogP contribution in [0.15, 0.2) is 47.1 Å². The fourth-order valence-electron chi connectivity index (χ4n) is 2.80.